The number of hydrogen-bond acceptors (Lipinski definition) is 4. The van der Waals surface area contributed by atoms with E-state index >= 15 is 0 Å². The average Bonchev–Trinajstić information content (AvgIpc) is 2.57. The minimum absolute atomic E-state index is 0.0356. The third-order valence-electron chi connectivity index (χ3n) is 3.41. The van der Waals surface area contributed by atoms with Crippen LogP contribution in [0.5, 0.6) is 11.5 Å². The van der Waals surface area contributed by atoms with Crippen molar-refractivity contribution in [3.63, 3.8) is 0 Å². The summed E-state index contributed by atoms with van der Waals surface area (Å²) in [4.78, 5) is 16.0. The Hall–Kier alpha value is -2.44. The topological polar surface area (TPSA) is 84.0 Å². The van der Waals surface area contributed by atoms with Gasteiger partial charge in [0.2, 0.25) is 5.91 Å². The molecule has 0 saturated heterocycles. The van der Waals surface area contributed by atoms with Crippen LogP contribution in [0.3, 0.4) is 0 Å². The van der Waals surface area contributed by atoms with Crippen molar-refractivity contribution in [1.29, 1.82) is 0 Å². The molecule has 7 heteroatoms. The summed E-state index contributed by atoms with van der Waals surface area (Å²) in [5, 5.41) is 8.96. The molecule has 0 spiro atoms. The van der Waals surface area contributed by atoms with Gasteiger partial charge in [-0.25, -0.2) is 0 Å². The molecule has 0 aliphatic carbocycles. The van der Waals surface area contributed by atoms with E-state index < -0.39 is 5.41 Å². The highest BCUT2D eigenvalue weighted by atomic mass is 16.5. The molecule has 0 aliphatic heterocycles. The van der Waals surface area contributed by atoms with Crippen molar-refractivity contribution in [2.45, 2.75) is 13.8 Å². The standard InChI is InChI=1S/C16H26N4O3/c1-16(2,14(21)17-3)10-19-15(18-4)20-11-7-8-12(22-5)13(9-11)23-6/h7-9H,10H2,1-6H3,(H,17,21)(H2,18,19,20). The highest BCUT2D eigenvalue weighted by molar-refractivity contribution is 5.94. The maximum atomic E-state index is 11.8. The van der Waals surface area contributed by atoms with Gasteiger partial charge in [-0.05, 0) is 26.0 Å². The second-order valence-corrected chi connectivity index (χ2v) is 5.58. The van der Waals surface area contributed by atoms with Crippen molar-refractivity contribution in [1.82, 2.24) is 10.6 Å². The molecule has 1 amide bonds. The first-order valence-electron chi connectivity index (χ1n) is 7.29. The molecule has 0 bridgehead atoms. The maximum Gasteiger partial charge on any atom is 0.227 e. The third kappa shape index (κ3) is 5.05. The molecule has 1 aromatic rings. The van der Waals surface area contributed by atoms with Crippen LogP contribution < -0.4 is 25.4 Å². The quantitative estimate of drug-likeness (QED) is 0.545. The lowest BCUT2D eigenvalue weighted by Crippen LogP contribution is -2.45. The molecule has 0 atom stereocenters. The highest BCUT2D eigenvalue weighted by Gasteiger charge is 2.26. The monoisotopic (exact) mass is 322 g/mol. The molecule has 0 radical (unpaired) electrons. The summed E-state index contributed by atoms with van der Waals surface area (Å²) in [6.07, 6.45) is 0. The van der Waals surface area contributed by atoms with Gasteiger partial charge in [-0.1, -0.05) is 0 Å². The summed E-state index contributed by atoms with van der Waals surface area (Å²) >= 11 is 0. The number of aliphatic imine (C=N–C) groups is 1. The third-order valence-corrected chi connectivity index (χ3v) is 3.41. The number of ether oxygens (including phenoxy) is 2. The predicted octanol–water partition coefficient (Wildman–Crippen LogP) is 1.46. The Morgan fingerprint density at radius 3 is 2.39 bits per heavy atom. The number of guanidine groups is 1. The fourth-order valence-electron chi connectivity index (χ4n) is 1.95. The van der Waals surface area contributed by atoms with Crippen LogP contribution in [0.1, 0.15) is 13.8 Å². The molecule has 3 N–H and O–H groups in total. The fourth-order valence-corrected chi connectivity index (χ4v) is 1.95. The Balaban J connectivity index is 2.76. The normalized spacial score (nSPS) is 11.7. The van der Waals surface area contributed by atoms with E-state index in [1.165, 1.54) is 0 Å². The molecule has 128 valence electrons. The number of nitrogens with one attached hydrogen (secondary N) is 3. The van der Waals surface area contributed by atoms with Crippen molar-refractivity contribution in [2.75, 3.05) is 40.2 Å². The van der Waals surface area contributed by atoms with E-state index in [1.54, 1.807) is 28.3 Å². The van der Waals surface area contributed by atoms with Crippen LogP contribution in [0.15, 0.2) is 23.2 Å². The van der Waals surface area contributed by atoms with E-state index in [2.05, 4.69) is 20.9 Å². The molecule has 1 rings (SSSR count). The summed E-state index contributed by atoms with van der Waals surface area (Å²) in [5.74, 6) is 1.81. The minimum Gasteiger partial charge on any atom is -0.493 e. The van der Waals surface area contributed by atoms with Crippen molar-refractivity contribution < 1.29 is 14.3 Å². The summed E-state index contributed by atoms with van der Waals surface area (Å²) in [5.41, 5.74) is 0.248. The zero-order valence-corrected chi connectivity index (χ0v) is 14.6. The molecule has 1 aromatic carbocycles. The van der Waals surface area contributed by atoms with Crippen molar-refractivity contribution >= 4 is 17.6 Å². The predicted molar refractivity (Wildman–Crippen MR) is 92.4 cm³/mol. The molecule has 0 heterocycles. The summed E-state index contributed by atoms with van der Waals surface area (Å²) < 4.78 is 10.5. The Morgan fingerprint density at radius 1 is 1.22 bits per heavy atom. The lowest BCUT2D eigenvalue weighted by Gasteiger charge is -2.24. The van der Waals surface area contributed by atoms with Gasteiger partial charge in [0.15, 0.2) is 17.5 Å². The highest BCUT2D eigenvalue weighted by Crippen LogP contribution is 2.29. The van der Waals surface area contributed by atoms with E-state index in [1.807, 2.05) is 32.0 Å². The number of anilines is 1. The van der Waals surface area contributed by atoms with E-state index in [4.69, 9.17) is 9.47 Å². The largest absolute Gasteiger partial charge is 0.493 e. The van der Waals surface area contributed by atoms with E-state index in [9.17, 15) is 4.79 Å². The number of carbonyl (C=O) groups is 1. The fraction of sp³-hybridized carbons (Fsp3) is 0.500. The van der Waals surface area contributed by atoms with Gasteiger partial charge in [-0.3, -0.25) is 9.79 Å². The van der Waals surface area contributed by atoms with Gasteiger partial charge >= 0.3 is 0 Å². The first-order valence-corrected chi connectivity index (χ1v) is 7.29. The van der Waals surface area contributed by atoms with Crippen LogP contribution in [0.4, 0.5) is 5.69 Å². The molecular formula is C16H26N4O3. The van der Waals surface area contributed by atoms with Crippen LogP contribution in [-0.4, -0.2) is 46.7 Å². The van der Waals surface area contributed by atoms with Crippen LogP contribution in [0.25, 0.3) is 0 Å². The lowest BCUT2D eigenvalue weighted by molar-refractivity contribution is -0.128. The average molecular weight is 322 g/mol. The summed E-state index contributed by atoms with van der Waals surface area (Å²) in [6, 6.07) is 5.48. The van der Waals surface area contributed by atoms with Crippen LogP contribution in [-0.2, 0) is 4.79 Å². The number of nitrogens with zero attached hydrogens (tertiary/aromatic N) is 1. The van der Waals surface area contributed by atoms with Gasteiger partial charge in [0.25, 0.3) is 0 Å². The number of amides is 1. The molecule has 0 aliphatic rings. The molecule has 0 aromatic heterocycles. The van der Waals surface area contributed by atoms with Crippen LogP contribution >= 0.6 is 0 Å². The van der Waals surface area contributed by atoms with Crippen LogP contribution in [0, 0.1) is 5.41 Å². The lowest BCUT2D eigenvalue weighted by atomic mass is 9.92. The smallest absolute Gasteiger partial charge is 0.227 e. The maximum absolute atomic E-state index is 11.8. The summed E-state index contributed by atoms with van der Waals surface area (Å²) in [6.45, 7) is 4.17. The Kier molecular flexibility index (Phi) is 6.68. The van der Waals surface area contributed by atoms with E-state index in [0.717, 1.165) is 5.69 Å². The molecular weight excluding hydrogens is 296 g/mol. The number of hydrogen-bond donors (Lipinski definition) is 3. The number of rotatable bonds is 6. The molecule has 0 unspecified atom stereocenters. The number of methoxy groups -OCH3 is 2. The molecule has 23 heavy (non-hydrogen) atoms. The zero-order chi connectivity index (χ0) is 17.5. The first kappa shape index (κ1) is 18.6. The van der Waals surface area contributed by atoms with Gasteiger partial charge in [-0.2, -0.15) is 0 Å². The van der Waals surface area contributed by atoms with Gasteiger partial charge in [0, 0.05) is 32.4 Å². The number of benzene rings is 1. The second-order valence-electron chi connectivity index (χ2n) is 5.58. The van der Waals surface area contributed by atoms with Gasteiger partial charge in [0.05, 0.1) is 19.6 Å². The van der Waals surface area contributed by atoms with E-state index in [-0.39, 0.29) is 5.91 Å². The van der Waals surface area contributed by atoms with Crippen molar-refractivity contribution in [3.8, 4) is 11.5 Å². The molecule has 7 nitrogen and oxygen atoms in total. The zero-order valence-electron chi connectivity index (χ0n) is 14.6. The molecule has 0 fully saturated rings. The van der Waals surface area contributed by atoms with Crippen molar-refractivity contribution in [2.24, 2.45) is 10.4 Å². The second kappa shape index (κ2) is 8.26. The van der Waals surface area contributed by atoms with E-state index in [0.29, 0.717) is 24.0 Å². The Bertz CT molecular complexity index is 570. The summed E-state index contributed by atoms with van der Waals surface area (Å²) in [7, 11) is 6.47. The first-order chi connectivity index (χ1) is 10.9. The minimum atomic E-state index is -0.552. The SMILES string of the molecule is CN=C(NCC(C)(C)C(=O)NC)Nc1ccc(OC)c(OC)c1. The Morgan fingerprint density at radius 2 is 1.87 bits per heavy atom. The van der Waals surface area contributed by atoms with Crippen molar-refractivity contribution in [3.05, 3.63) is 18.2 Å². The molecule has 0 saturated carbocycles. The Labute approximate surface area is 137 Å². The van der Waals surface area contributed by atoms with Gasteiger partial charge in [-0.15, -0.1) is 0 Å². The number of carbonyl (C=O) groups excluding carboxylic acids is 1. The van der Waals surface area contributed by atoms with Gasteiger partial charge < -0.3 is 25.4 Å². The van der Waals surface area contributed by atoms with Gasteiger partial charge in [0.1, 0.15) is 0 Å². The van der Waals surface area contributed by atoms with Crippen LogP contribution in [0.2, 0.25) is 0 Å².